The zero-order chi connectivity index (χ0) is 13.2. The average molecular weight is 302 g/mol. The first-order valence-electron chi connectivity index (χ1n) is 5.23. The van der Waals surface area contributed by atoms with E-state index in [0.29, 0.717) is 5.75 Å². The summed E-state index contributed by atoms with van der Waals surface area (Å²) in [6.07, 6.45) is 0. The Morgan fingerprint density at radius 1 is 1.47 bits per heavy atom. The van der Waals surface area contributed by atoms with E-state index in [1.807, 2.05) is 13.8 Å². The number of methoxy groups -OCH3 is 1. The van der Waals surface area contributed by atoms with Gasteiger partial charge in [0.2, 0.25) is 0 Å². The van der Waals surface area contributed by atoms with Crippen LogP contribution >= 0.6 is 15.9 Å². The van der Waals surface area contributed by atoms with Gasteiger partial charge in [-0.15, -0.1) is 0 Å². The monoisotopic (exact) mass is 301 g/mol. The third kappa shape index (κ3) is 2.72. The van der Waals surface area contributed by atoms with Gasteiger partial charge in [0.25, 0.3) is 0 Å². The van der Waals surface area contributed by atoms with Crippen LogP contribution < -0.4 is 10.5 Å². The quantitative estimate of drug-likeness (QED) is 0.509. The minimum Gasteiger partial charge on any atom is -0.507 e. The molecule has 0 aliphatic heterocycles. The summed E-state index contributed by atoms with van der Waals surface area (Å²) in [5.74, 6) is 0.120. The number of rotatable bonds is 4. The highest BCUT2D eigenvalue weighted by molar-refractivity contribution is 9.10. The number of benzene rings is 1. The third-order valence-electron chi connectivity index (χ3n) is 2.49. The molecule has 0 fully saturated rings. The molecule has 1 aromatic rings. The molecule has 4 nitrogen and oxygen atoms in total. The van der Waals surface area contributed by atoms with Gasteiger partial charge in [0.05, 0.1) is 23.2 Å². The highest BCUT2D eigenvalue weighted by Crippen LogP contribution is 2.34. The summed E-state index contributed by atoms with van der Waals surface area (Å²) in [4.78, 5) is 11.8. The van der Waals surface area contributed by atoms with E-state index in [9.17, 15) is 9.90 Å². The third-order valence-corrected chi connectivity index (χ3v) is 3.96. The molecule has 0 radical (unpaired) electrons. The summed E-state index contributed by atoms with van der Waals surface area (Å²) in [6, 6.07) is 2.93. The number of ether oxygens (including phenoxy) is 1. The van der Waals surface area contributed by atoms with Crippen LogP contribution in [0.15, 0.2) is 12.1 Å². The average Bonchev–Trinajstić information content (AvgIpc) is 2.28. The fraction of sp³-hybridized carbons (Fsp3) is 0.417. The SMILES string of the molecule is COc1ccc(O)c(C(=O)C(Br)C(C)C)c1N. The van der Waals surface area contributed by atoms with Gasteiger partial charge >= 0.3 is 0 Å². The van der Waals surface area contributed by atoms with E-state index >= 15 is 0 Å². The van der Waals surface area contributed by atoms with Crippen molar-refractivity contribution in [3.8, 4) is 11.5 Å². The molecule has 0 heterocycles. The van der Waals surface area contributed by atoms with Crippen molar-refractivity contribution < 1.29 is 14.6 Å². The molecule has 0 saturated carbocycles. The van der Waals surface area contributed by atoms with Crippen molar-refractivity contribution in [2.75, 3.05) is 12.8 Å². The van der Waals surface area contributed by atoms with E-state index in [2.05, 4.69) is 15.9 Å². The number of aromatic hydroxyl groups is 1. The summed E-state index contributed by atoms with van der Waals surface area (Å²) in [6.45, 7) is 3.81. The summed E-state index contributed by atoms with van der Waals surface area (Å²) < 4.78 is 5.03. The van der Waals surface area contributed by atoms with Gasteiger partial charge in [-0.05, 0) is 18.1 Å². The molecule has 1 aromatic carbocycles. The van der Waals surface area contributed by atoms with Gasteiger partial charge in [-0.2, -0.15) is 0 Å². The molecule has 0 aromatic heterocycles. The van der Waals surface area contributed by atoms with Gasteiger partial charge in [0, 0.05) is 0 Å². The summed E-state index contributed by atoms with van der Waals surface area (Å²) >= 11 is 3.30. The van der Waals surface area contributed by atoms with Gasteiger partial charge in [0.15, 0.2) is 5.78 Å². The van der Waals surface area contributed by atoms with Crippen LogP contribution in [0.3, 0.4) is 0 Å². The first-order valence-corrected chi connectivity index (χ1v) is 6.15. The fourth-order valence-corrected chi connectivity index (χ4v) is 1.70. The van der Waals surface area contributed by atoms with Crippen molar-refractivity contribution in [3.05, 3.63) is 17.7 Å². The number of hydrogen-bond acceptors (Lipinski definition) is 4. The fourth-order valence-electron chi connectivity index (χ4n) is 1.47. The molecular weight excluding hydrogens is 286 g/mol. The molecule has 0 spiro atoms. The number of nitrogen functional groups attached to an aromatic ring is 1. The molecule has 94 valence electrons. The highest BCUT2D eigenvalue weighted by Gasteiger charge is 2.26. The molecule has 17 heavy (non-hydrogen) atoms. The molecule has 1 unspecified atom stereocenters. The van der Waals surface area contributed by atoms with E-state index in [-0.39, 0.29) is 33.5 Å². The second-order valence-electron chi connectivity index (χ2n) is 4.09. The Balaban J connectivity index is 3.26. The van der Waals surface area contributed by atoms with Crippen LogP contribution in [0.2, 0.25) is 0 Å². The number of halogens is 1. The van der Waals surface area contributed by atoms with Crippen LogP contribution in [0.5, 0.6) is 11.5 Å². The maximum Gasteiger partial charge on any atom is 0.182 e. The zero-order valence-corrected chi connectivity index (χ0v) is 11.6. The predicted octanol–water partition coefficient (Wildman–Crippen LogP) is 2.59. The summed E-state index contributed by atoms with van der Waals surface area (Å²) in [7, 11) is 1.46. The largest absolute Gasteiger partial charge is 0.507 e. The van der Waals surface area contributed by atoms with Gasteiger partial charge in [-0.1, -0.05) is 29.8 Å². The van der Waals surface area contributed by atoms with Crippen LogP contribution in [-0.2, 0) is 0 Å². The Morgan fingerprint density at radius 3 is 2.53 bits per heavy atom. The second kappa shape index (κ2) is 5.40. The molecule has 0 aliphatic rings. The van der Waals surface area contributed by atoms with Crippen molar-refractivity contribution in [2.45, 2.75) is 18.7 Å². The molecule has 0 bridgehead atoms. The normalized spacial score (nSPS) is 12.5. The molecule has 1 rings (SSSR count). The van der Waals surface area contributed by atoms with E-state index in [4.69, 9.17) is 10.5 Å². The maximum atomic E-state index is 12.2. The topological polar surface area (TPSA) is 72.5 Å². The number of ketones is 1. The lowest BCUT2D eigenvalue weighted by atomic mass is 9.98. The molecule has 0 amide bonds. The van der Waals surface area contributed by atoms with Crippen LogP contribution in [0, 0.1) is 5.92 Å². The molecule has 3 N–H and O–H groups in total. The lowest BCUT2D eigenvalue weighted by molar-refractivity contribution is 0.0976. The van der Waals surface area contributed by atoms with E-state index in [1.165, 1.54) is 19.2 Å². The van der Waals surface area contributed by atoms with Gasteiger partial charge in [-0.3, -0.25) is 4.79 Å². The Hall–Kier alpha value is -1.23. The number of Topliss-reactive ketones (excluding diaryl/α,β-unsaturated/α-hetero) is 1. The van der Waals surface area contributed by atoms with E-state index in [0.717, 1.165) is 0 Å². The standard InChI is InChI=1S/C12H16BrNO3/c1-6(2)10(13)12(16)9-7(15)4-5-8(17-3)11(9)14/h4-6,10,15H,14H2,1-3H3. The van der Waals surface area contributed by atoms with Crippen LogP contribution in [0.25, 0.3) is 0 Å². The minimum absolute atomic E-state index is 0.104. The Morgan fingerprint density at radius 2 is 2.06 bits per heavy atom. The van der Waals surface area contributed by atoms with Crippen molar-refractivity contribution in [1.29, 1.82) is 0 Å². The zero-order valence-electron chi connectivity index (χ0n) is 10.0. The number of alkyl halides is 1. The van der Waals surface area contributed by atoms with E-state index in [1.54, 1.807) is 0 Å². The van der Waals surface area contributed by atoms with Crippen molar-refractivity contribution in [3.63, 3.8) is 0 Å². The smallest absolute Gasteiger partial charge is 0.182 e. The first kappa shape index (κ1) is 13.8. The Bertz CT molecular complexity index is 432. The molecule has 5 heteroatoms. The number of hydrogen-bond donors (Lipinski definition) is 2. The number of carbonyl (C=O) groups excluding carboxylic acids is 1. The van der Waals surface area contributed by atoms with Crippen molar-refractivity contribution in [2.24, 2.45) is 5.92 Å². The molecular formula is C12H16BrNO3. The van der Waals surface area contributed by atoms with Gasteiger partial charge in [0.1, 0.15) is 11.5 Å². The van der Waals surface area contributed by atoms with Crippen LogP contribution in [0.1, 0.15) is 24.2 Å². The number of phenols is 1. The summed E-state index contributed by atoms with van der Waals surface area (Å²) in [5, 5.41) is 9.74. The maximum absolute atomic E-state index is 12.2. The highest BCUT2D eigenvalue weighted by atomic mass is 79.9. The number of phenolic OH excluding ortho intramolecular Hbond substituents is 1. The van der Waals surface area contributed by atoms with E-state index < -0.39 is 0 Å². The molecule has 1 atom stereocenters. The number of nitrogens with two attached hydrogens (primary N) is 1. The lowest BCUT2D eigenvalue weighted by Crippen LogP contribution is -2.21. The van der Waals surface area contributed by atoms with Crippen molar-refractivity contribution >= 4 is 27.4 Å². The Kier molecular flexibility index (Phi) is 4.40. The minimum atomic E-state index is -0.386. The van der Waals surface area contributed by atoms with Gasteiger partial charge in [-0.25, -0.2) is 0 Å². The van der Waals surface area contributed by atoms with Crippen LogP contribution in [0.4, 0.5) is 5.69 Å². The number of anilines is 1. The van der Waals surface area contributed by atoms with Crippen molar-refractivity contribution in [1.82, 2.24) is 0 Å². The number of carbonyl (C=O) groups is 1. The Labute approximate surface area is 109 Å². The lowest BCUT2D eigenvalue weighted by Gasteiger charge is -2.16. The van der Waals surface area contributed by atoms with Gasteiger partial charge < -0.3 is 15.6 Å². The molecule has 0 aliphatic carbocycles. The molecule has 0 saturated heterocycles. The predicted molar refractivity (Wildman–Crippen MR) is 71.0 cm³/mol. The summed E-state index contributed by atoms with van der Waals surface area (Å²) in [5.41, 5.74) is 6.09. The second-order valence-corrected chi connectivity index (χ2v) is 5.07. The van der Waals surface area contributed by atoms with Crippen LogP contribution in [-0.4, -0.2) is 22.8 Å². The first-order chi connectivity index (χ1) is 7.90.